The van der Waals surface area contributed by atoms with E-state index < -0.39 is 0 Å². The summed E-state index contributed by atoms with van der Waals surface area (Å²) < 4.78 is 0. The number of imidazole rings is 1. The second kappa shape index (κ2) is 3.70. The summed E-state index contributed by atoms with van der Waals surface area (Å²) >= 11 is 0. The molecule has 3 heteroatoms. The molecule has 1 aromatic heterocycles. The van der Waals surface area contributed by atoms with E-state index in [1.54, 1.807) is 6.33 Å². The van der Waals surface area contributed by atoms with E-state index in [9.17, 15) is 0 Å². The minimum absolute atomic E-state index is 0.990. The Hall–Kier alpha value is -2.29. The third-order valence-electron chi connectivity index (χ3n) is 2.55. The van der Waals surface area contributed by atoms with Crippen molar-refractivity contribution in [2.24, 2.45) is 0 Å². The summed E-state index contributed by atoms with van der Waals surface area (Å²) in [6.45, 7) is 0. The summed E-state index contributed by atoms with van der Waals surface area (Å²) in [5, 5.41) is 3.24. The van der Waals surface area contributed by atoms with Gasteiger partial charge in [0.05, 0.1) is 17.4 Å². The molecular weight excluding hydrogens is 198 g/mol. The highest BCUT2D eigenvalue weighted by Gasteiger charge is 2.02. The van der Waals surface area contributed by atoms with Gasteiger partial charge in [0.1, 0.15) is 0 Å². The number of nitrogens with one attached hydrogen (secondary N) is 2. The van der Waals surface area contributed by atoms with Crippen LogP contribution < -0.4 is 5.32 Å². The zero-order valence-electron chi connectivity index (χ0n) is 8.64. The molecule has 0 spiro atoms. The monoisotopic (exact) mass is 209 g/mol. The quantitative estimate of drug-likeness (QED) is 0.757. The molecule has 0 radical (unpaired) electrons. The summed E-state index contributed by atoms with van der Waals surface area (Å²) in [4.78, 5) is 7.31. The summed E-state index contributed by atoms with van der Waals surface area (Å²) in [7, 11) is 0. The van der Waals surface area contributed by atoms with Crippen LogP contribution in [0.4, 0.5) is 0 Å². The van der Waals surface area contributed by atoms with Crippen LogP contribution in [0.25, 0.3) is 16.7 Å². The van der Waals surface area contributed by atoms with Gasteiger partial charge < -0.3 is 10.3 Å². The lowest BCUT2D eigenvalue weighted by Crippen LogP contribution is -2.02. The Balaban J connectivity index is 2.08. The molecule has 1 aliphatic heterocycles. The summed E-state index contributed by atoms with van der Waals surface area (Å²) in [5.74, 6) is 0. The van der Waals surface area contributed by atoms with Gasteiger partial charge in [-0.15, -0.1) is 0 Å². The molecule has 78 valence electrons. The molecule has 2 heterocycles. The minimum Gasteiger partial charge on any atom is -0.361 e. The van der Waals surface area contributed by atoms with Crippen molar-refractivity contribution in [2.75, 3.05) is 0 Å². The first-order chi connectivity index (χ1) is 7.93. The van der Waals surface area contributed by atoms with Crippen molar-refractivity contribution in [3.8, 4) is 0 Å². The predicted octanol–water partition coefficient (Wildman–Crippen LogP) is 2.58. The molecule has 0 saturated heterocycles. The van der Waals surface area contributed by atoms with Gasteiger partial charge in [-0.2, -0.15) is 0 Å². The molecule has 1 aliphatic rings. The van der Waals surface area contributed by atoms with Crippen molar-refractivity contribution in [3.63, 3.8) is 0 Å². The summed E-state index contributed by atoms with van der Waals surface area (Å²) in [5.41, 5.74) is 4.27. The van der Waals surface area contributed by atoms with Gasteiger partial charge in [0.2, 0.25) is 0 Å². The third kappa shape index (κ3) is 1.52. The Morgan fingerprint density at radius 1 is 1.06 bits per heavy atom. The Morgan fingerprint density at radius 2 is 2.06 bits per heavy atom. The number of aromatic nitrogens is 2. The Morgan fingerprint density at radius 3 is 3.06 bits per heavy atom. The van der Waals surface area contributed by atoms with Crippen molar-refractivity contribution >= 4 is 16.7 Å². The number of nitrogens with zero attached hydrogens (tertiary/aromatic N) is 1. The van der Waals surface area contributed by atoms with Crippen LogP contribution in [0.3, 0.4) is 0 Å². The number of rotatable bonds is 1. The maximum absolute atomic E-state index is 4.20. The van der Waals surface area contributed by atoms with Gasteiger partial charge in [0.15, 0.2) is 0 Å². The smallest absolute Gasteiger partial charge is 0.0931 e. The Bertz CT molecular complexity index is 602. The molecule has 16 heavy (non-hydrogen) atoms. The van der Waals surface area contributed by atoms with Crippen molar-refractivity contribution in [1.29, 1.82) is 0 Å². The van der Waals surface area contributed by atoms with Gasteiger partial charge in [0, 0.05) is 17.5 Å². The first kappa shape index (κ1) is 8.97. The molecule has 1 aromatic carbocycles. The average molecular weight is 209 g/mol. The molecule has 0 bridgehead atoms. The van der Waals surface area contributed by atoms with Gasteiger partial charge in [-0.3, -0.25) is 0 Å². The molecule has 0 aliphatic carbocycles. The molecule has 0 amide bonds. The first-order valence-corrected chi connectivity index (χ1v) is 5.17. The number of H-pyrrole nitrogens is 1. The Kier molecular flexibility index (Phi) is 2.07. The van der Waals surface area contributed by atoms with Crippen molar-refractivity contribution in [3.05, 3.63) is 60.6 Å². The molecule has 2 aromatic rings. The normalized spacial score (nSPS) is 14.6. The number of allylic oxidation sites excluding steroid dienone is 4. The van der Waals surface area contributed by atoms with Gasteiger partial charge in [0.25, 0.3) is 0 Å². The zero-order valence-corrected chi connectivity index (χ0v) is 8.64. The van der Waals surface area contributed by atoms with E-state index in [0.717, 1.165) is 22.3 Å². The number of aromatic amines is 1. The number of benzene rings is 1. The van der Waals surface area contributed by atoms with E-state index >= 15 is 0 Å². The molecule has 0 saturated carbocycles. The van der Waals surface area contributed by atoms with E-state index in [4.69, 9.17) is 0 Å². The third-order valence-corrected chi connectivity index (χ3v) is 2.55. The van der Waals surface area contributed by atoms with Gasteiger partial charge in [-0.1, -0.05) is 18.2 Å². The molecule has 2 N–H and O–H groups in total. The van der Waals surface area contributed by atoms with Gasteiger partial charge in [-0.05, 0) is 24.3 Å². The molecular formula is C13H11N3. The topological polar surface area (TPSA) is 40.7 Å². The van der Waals surface area contributed by atoms with E-state index in [2.05, 4.69) is 33.5 Å². The van der Waals surface area contributed by atoms with Crippen LogP contribution in [-0.2, 0) is 0 Å². The van der Waals surface area contributed by atoms with Crippen LogP contribution in [0.15, 0.2) is 55.0 Å². The van der Waals surface area contributed by atoms with Crippen LogP contribution in [-0.4, -0.2) is 9.97 Å². The summed E-state index contributed by atoms with van der Waals surface area (Å²) in [6.07, 6.45) is 11.7. The van der Waals surface area contributed by atoms with Gasteiger partial charge >= 0.3 is 0 Å². The van der Waals surface area contributed by atoms with Gasteiger partial charge in [-0.25, -0.2) is 4.98 Å². The maximum atomic E-state index is 4.20. The highest BCUT2D eigenvalue weighted by atomic mass is 14.9. The summed E-state index contributed by atoms with van der Waals surface area (Å²) in [6, 6.07) is 6.17. The second-order valence-electron chi connectivity index (χ2n) is 3.60. The van der Waals surface area contributed by atoms with Crippen LogP contribution in [0, 0.1) is 0 Å². The van der Waals surface area contributed by atoms with Crippen LogP contribution in [0.5, 0.6) is 0 Å². The highest BCUT2D eigenvalue weighted by molar-refractivity contribution is 5.80. The van der Waals surface area contributed by atoms with Crippen LogP contribution in [0.1, 0.15) is 5.56 Å². The van der Waals surface area contributed by atoms with Crippen LogP contribution in [0.2, 0.25) is 0 Å². The zero-order chi connectivity index (χ0) is 10.8. The fourth-order valence-electron chi connectivity index (χ4n) is 1.74. The minimum atomic E-state index is 0.990. The van der Waals surface area contributed by atoms with E-state index in [-0.39, 0.29) is 0 Å². The van der Waals surface area contributed by atoms with E-state index in [1.165, 1.54) is 0 Å². The molecule has 3 rings (SSSR count). The molecule has 0 atom stereocenters. The fourth-order valence-corrected chi connectivity index (χ4v) is 1.74. The van der Waals surface area contributed by atoms with Crippen molar-refractivity contribution in [1.82, 2.24) is 15.3 Å². The lowest BCUT2D eigenvalue weighted by atomic mass is 10.1. The van der Waals surface area contributed by atoms with Crippen molar-refractivity contribution < 1.29 is 0 Å². The molecule has 0 unspecified atom stereocenters. The maximum Gasteiger partial charge on any atom is 0.0931 e. The van der Waals surface area contributed by atoms with Crippen LogP contribution >= 0.6 is 0 Å². The first-order valence-electron chi connectivity index (χ1n) is 5.17. The van der Waals surface area contributed by atoms with E-state index in [0.29, 0.717) is 0 Å². The van der Waals surface area contributed by atoms with E-state index in [1.807, 2.05) is 30.5 Å². The number of fused-ring (bicyclic) bond motifs is 1. The highest BCUT2D eigenvalue weighted by Crippen LogP contribution is 2.18. The second-order valence-corrected chi connectivity index (χ2v) is 3.60. The Labute approximate surface area is 93.2 Å². The molecule has 3 nitrogen and oxygen atoms in total. The fraction of sp³-hybridized carbons (Fsp3) is 0. The largest absolute Gasteiger partial charge is 0.361 e. The lowest BCUT2D eigenvalue weighted by Gasteiger charge is -2.05. The SMILES string of the molecule is C1=CC=C(c2ccc3nc[nH]c3c2)NC=C1. The molecule has 0 fully saturated rings. The predicted molar refractivity (Wildman–Crippen MR) is 65.5 cm³/mol. The number of hydrogen-bond donors (Lipinski definition) is 2. The lowest BCUT2D eigenvalue weighted by molar-refractivity contribution is 1.22. The van der Waals surface area contributed by atoms with Crippen molar-refractivity contribution in [2.45, 2.75) is 0 Å². The average Bonchev–Trinajstić information content (AvgIpc) is 2.61. The standard InChI is InChI=1S/C13H11N3/c1-2-4-11(14-7-3-1)10-5-6-12-13(8-10)16-9-15-12/h1-9,14H,(H,15,16). The number of hydrogen-bond acceptors (Lipinski definition) is 2.